The van der Waals surface area contributed by atoms with Crippen LogP contribution in [0.2, 0.25) is 0 Å². The number of aryl methyl sites for hydroxylation is 1. The Morgan fingerprint density at radius 3 is 2.84 bits per heavy atom. The van der Waals surface area contributed by atoms with E-state index in [0.717, 1.165) is 52.7 Å². The van der Waals surface area contributed by atoms with E-state index in [4.69, 9.17) is 0 Å². The molecule has 0 bridgehead atoms. The Kier molecular flexibility index (Phi) is 4.59. The fourth-order valence-corrected chi connectivity index (χ4v) is 4.66. The number of anilines is 1. The van der Waals surface area contributed by atoms with Gasteiger partial charge in [0.25, 0.3) is 0 Å². The van der Waals surface area contributed by atoms with Gasteiger partial charge in [0.2, 0.25) is 0 Å². The van der Waals surface area contributed by atoms with Gasteiger partial charge >= 0.3 is 0 Å². The molecule has 31 heavy (non-hydrogen) atoms. The first-order valence-corrected chi connectivity index (χ1v) is 10.5. The molecule has 0 fully saturated rings. The van der Waals surface area contributed by atoms with Crippen LogP contribution >= 0.6 is 0 Å². The summed E-state index contributed by atoms with van der Waals surface area (Å²) in [6.07, 6.45) is 8.76. The minimum Gasteiger partial charge on any atom is -0.378 e. The van der Waals surface area contributed by atoms with Gasteiger partial charge in [-0.15, -0.1) is 0 Å². The van der Waals surface area contributed by atoms with E-state index >= 15 is 0 Å². The third-order valence-corrected chi connectivity index (χ3v) is 6.04. The van der Waals surface area contributed by atoms with Gasteiger partial charge in [-0.1, -0.05) is 12.6 Å². The second-order valence-electron chi connectivity index (χ2n) is 8.24. The number of aromatic nitrogens is 4. The van der Waals surface area contributed by atoms with E-state index in [1.54, 1.807) is 4.68 Å². The summed E-state index contributed by atoms with van der Waals surface area (Å²) in [5, 5.41) is 23.2. The first-order valence-electron chi connectivity index (χ1n) is 10.5. The Labute approximate surface area is 181 Å². The quantitative estimate of drug-likeness (QED) is 0.507. The van der Waals surface area contributed by atoms with Crippen LogP contribution in [0.25, 0.3) is 22.2 Å². The van der Waals surface area contributed by atoms with Crippen LogP contribution in [-0.2, 0) is 13.5 Å². The molecule has 5 rings (SSSR count). The van der Waals surface area contributed by atoms with Gasteiger partial charge < -0.3 is 5.32 Å². The summed E-state index contributed by atoms with van der Waals surface area (Å²) in [7, 11) is 1.90. The molecule has 154 valence electrons. The summed E-state index contributed by atoms with van der Waals surface area (Å²) in [5.74, 6) is 0. The summed E-state index contributed by atoms with van der Waals surface area (Å²) < 4.78 is 3.69. The van der Waals surface area contributed by atoms with Crippen molar-refractivity contribution >= 4 is 22.2 Å². The Morgan fingerprint density at radius 2 is 2.10 bits per heavy atom. The standard InChI is InChI=1S/C25H24N6/c1-16(2)25-17(12-26)8-10-21-22(25)5-4-6-23(21)29-19-9-7-18-13-28-31(24(18)11-19)20-14-27-30(3)15-20/h7-11,13-15,23,29H,1,4-6H2,2-3H3/t23-/m0/s1. The third kappa shape index (κ3) is 3.28. The maximum Gasteiger partial charge on any atom is 0.103 e. The molecular formula is C25H24N6. The normalized spacial score (nSPS) is 15.5. The van der Waals surface area contributed by atoms with Gasteiger partial charge in [-0.2, -0.15) is 15.5 Å². The van der Waals surface area contributed by atoms with Crippen molar-refractivity contribution in [2.45, 2.75) is 32.2 Å². The highest BCUT2D eigenvalue weighted by atomic mass is 15.3. The third-order valence-electron chi connectivity index (χ3n) is 6.04. The lowest BCUT2D eigenvalue weighted by Gasteiger charge is -2.29. The Morgan fingerprint density at radius 1 is 1.23 bits per heavy atom. The zero-order chi connectivity index (χ0) is 21.5. The minimum atomic E-state index is 0.196. The summed E-state index contributed by atoms with van der Waals surface area (Å²) >= 11 is 0. The lowest BCUT2D eigenvalue weighted by Crippen LogP contribution is -2.19. The van der Waals surface area contributed by atoms with Crippen LogP contribution < -0.4 is 5.32 Å². The van der Waals surface area contributed by atoms with Gasteiger partial charge in [-0.25, -0.2) is 4.68 Å². The molecule has 1 aliphatic carbocycles. The van der Waals surface area contributed by atoms with E-state index in [9.17, 15) is 5.26 Å². The van der Waals surface area contributed by atoms with Crippen molar-refractivity contribution in [3.05, 3.63) is 77.8 Å². The molecule has 4 aromatic rings. The van der Waals surface area contributed by atoms with Crippen LogP contribution in [0.3, 0.4) is 0 Å². The maximum atomic E-state index is 9.55. The van der Waals surface area contributed by atoms with Crippen molar-refractivity contribution in [3.63, 3.8) is 0 Å². The van der Waals surface area contributed by atoms with Crippen molar-refractivity contribution < 1.29 is 0 Å². The van der Waals surface area contributed by atoms with E-state index in [1.807, 2.05) is 43.3 Å². The van der Waals surface area contributed by atoms with E-state index in [1.165, 1.54) is 11.1 Å². The molecule has 0 saturated carbocycles. The fourth-order valence-electron chi connectivity index (χ4n) is 4.66. The highest BCUT2D eigenvalue weighted by Crippen LogP contribution is 2.38. The number of hydrogen-bond donors (Lipinski definition) is 1. The van der Waals surface area contributed by atoms with Gasteiger partial charge in [0.15, 0.2) is 0 Å². The fraction of sp³-hybridized carbons (Fsp3) is 0.240. The lowest BCUT2D eigenvalue weighted by atomic mass is 9.81. The predicted octanol–water partition coefficient (Wildman–Crippen LogP) is 5.15. The van der Waals surface area contributed by atoms with Gasteiger partial charge in [0.1, 0.15) is 5.69 Å². The Hall–Kier alpha value is -3.85. The Bertz CT molecular complexity index is 1350. The molecule has 0 spiro atoms. The SMILES string of the molecule is C=C(C)c1c(C#N)ccc2c1CCC[C@@H]2Nc1ccc2cnn(-c3cnn(C)c3)c2c1. The highest BCUT2D eigenvalue weighted by molar-refractivity contribution is 5.84. The predicted molar refractivity (Wildman–Crippen MR) is 123 cm³/mol. The number of allylic oxidation sites excluding steroid dienone is 1. The van der Waals surface area contributed by atoms with Crippen molar-refractivity contribution in [1.29, 1.82) is 5.26 Å². The van der Waals surface area contributed by atoms with E-state index in [0.29, 0.717) is 5.56 Å². The number of nitriles is 1. The number of nitrogens with zero attached hydrogens (tertiary/aromatic N) is 5. The smallest absolute Gasteiger partial charge is 0.103 e. The second kappa shape index (κ2) is 7.44. The zero-order valence-electron chi connectivity index (χ0n) is 17.8. The number of hydrogen-bond acceptors (Lipinski definition) is 4. The van der Waals surface area contributed by atoms with Gasteiger partial charge in [-0.3, -0.25) is 4.68 Å². The van der Waals surface area contributed by atoms with Gasteiger partial charge in [0.05, 0.1) is 41.8 Å². The summed E-state index contributed by atoms with van der Waals surface area (Å²) in [4.78, 5) is 0. The van der Waals surface area contributed by atoms with Crippen LogP contribution in [0.4, 0.5) is 5.69 Å². The van der Waals surface area contributed by atoms with Crippen LogP contribution in [0.15, 0.2) is 55.5 Å². The summed E-state index contributed by atoms with van der Waals surface area (Å²) in [5.41, 5.74) is 8.25. The monoisotopic (exact) mass is 408 g/mol. The van der Waals surface area contributed by atoms with E-state index in [-0.39, 0.29) is 6.04 Å². The molecule has 0 aliphatic heterocycles. The van der Waals surface area contributed by atoms with Crippen molar-refractivity contribution in [2.75, 3.05) is 5.32 Å². The number of fused-ring (bicyclic) bond motifs is 2. The number of nitrogens with one attached hydrogen (secondary N) is 1. The van der Waals surface area contributed by atoms with E-state index in [2.05, 4.69) is 52.4 Å². The van der Waals surface area contributed by atoms with Crippen molar-refractivity contribution in [2.24, 2.45) is 7.05 Å². The molecule has 0 amide bonds. The van der Waals surface area contributed by atoms with Crippen LogP contribution in [0.1, 0.15) is 48.1 Å². The lowest BCUT2D eigenvalue weighted by molar-refractivity contribution is 0.599. The largest absolute Gasteiger partial charge is 0.378 e. The minimum absolute atomic E-state index is 0.196. The summed E-state index contributed by atoms with van der Waals surface area (Å²) in [6.45, 7) is 6.12. The van der Waals surface area contributed by atoms with Crippen molar-refractivity contribution in [1.82, 2.24) is 19.6 Å². The second-order valence-corrected chi connectivity index (χ2v) is 8.24. The molecule has 2 heterocycles. The Balaban J connectivity index is 1.52. The highest BCUT2D eigenvalue weighted by Gasteiger charge is 2.24. The number of benzene rings is 2. The van der Waals surface area contributed by atoms with Crippen LogP contribution in [0, 0.1) is 11.3 Å². The van der Waals surface area contributed by atoms with Crippen molar-refractivity contribution in [3.8, 4) is 11.8 Å². The van der Waals surface area contributed by atoms with Gasteiger partial charge in [-0.05, 0) is 72.7 Å². The average Bonchev–Trinajstić information content (AvgIpc) is 3.38. The molecule has 0 radical (unpaired) electrons. The van der Waals surface area contributed by atoms with Gasteiger partial charge in [0, 0.05) is 18.1 Å². The molecule has 2 aromatic heterocycles. The van der Waals surface area contributed by atoms with E-state index < -0.39 is 0 Å². The molecular weight excluding hydrogens is 384 g/mol. The molecule has 0 unspecified atom stereocenters. The molecule has 1 aliphatic rings. The zero-order valence-corrected chi connectivity index (χ0v) is 17.8. The molecule has 1 atom stereocenters. The van der Waals surface area contributed by atoms with Crippen LogP contribution in [0.5, 0.6) is 0 Å². The molecule has 2 aromatic carbocycles. The maximum absolute atomic E-state index is 9.55. The topological polar surface area (TPSA) is 71.5 Å². The first-order chi connectivity index (χ1) is 15.0. The first kappa shape index (κ1) is 19.1. The average molecular weight is 409 g/mol. The number of rotatable bonds is 4. The molecule has 6 nitrogen and oxygen atoms in total. The summed E-state index contributed by atoms with van der Waals surface area (Å²) in [6, 6.07) is 12.9. The molecule has 1 N–H and O–H groups in total. The molecule has 6 heteroatoms. The molecule has 0 saturated heterocycles. The van der Waals surface area contributed by atoms with Crippen LogP contribution in [-0.4, -0.2) is 19.6 Å².